The molecule has 1 N–H and O–H groups in total. The minimum absolute atomic E-state index is 0.0965. The highest BCUT2D eigenvalue weighted by molar-refractivity contribution is 7.99. The molecule has 2 aromatic carbocycles. The van der Waals surface area contributed by atoms with Crippen LogP contribution in [0.5, 0.6) is 0 Å². The molecule has 2 aromatic heterocycles. The summed E-state index contributed by atoms with van der Waals surface area (Å²) >= 11 is 7.22. The summed E-state index contributed by atoms with van der Waals surface area (Å²) < 4.78 is 3.31. The summed E-state index contributed by atoms with van der Waals surface area (Å²) in [5.41, 5.74) is 4.32. The van der Waals surface area contributed by atoms with E-state index in [0.29, 0.717) is 45.7 Å². The fourth-order valence-electron chi connectivity index (χ4n) is 3.54. The molecule has 0 aliphatic carbocycles. The number of aromatic nitrogens is 4. The van der Waals surface area contributed by atoms with E-state index in [0.717, 1.165) is 11.1 Å². The van der Waals surface area contributed by atoms with Crippen molar-refractivity contribution in [2.45, 2.75) is 39.0 Å². The smallest absolute Gasteiger partial charge is 0.280 e. The molecule has 0 aliphatic heterocycles. The summed E-state index contributed by atoms with van der Waals surface area (Å²) in [4.78, 5) is 30.8. The molecule has 4 aromatic rings. The Labute approximate surface area is 200 Å². The number of benzene rings is 2. The fraction of sp³-hybridized carbons (Fsp3) is 0.250. The number of nitrogens with zero attached hydrogens (tertiary/aromatic N) is 4. The summed E-state index contributed by atoms with van der Waals surface area (Å²) in [5, 5.41) is 8.32. The Hall–Kier alpha value is -3.10. The highest BCUT2D eigenvalue weighted by Gasteiger charge is 2.19. The quantitative estimate of drug-likeness (QED) is 0.306. The lowest BCUT2D eigenvalue weighted by molar-refractivity contribution is -0.113. The molecule has 0 bridgehead atoms. The molecule has 1 amide bonds. The van der Waals surface area contributed by atoms with Crippen molar-refractivity contribution in [3.8, 4) is 0 Å². The van der Waals surface area contributed by atoms with Crippen LogP contribution in [0, 0.1) is 13.8 Å². The van der Waals surface area contributed by atoms with E-state index in [2.05, 4.69) is 10.4 Å². The van der Waals surface area contributed by atoms with E-state index >= 15 is 0 Å². The number of halogens is 1. The molecule has 0 aliphatic rings. The fourth-order valence-corrected chi connectivity index (χ4v) is 4.52. The normalized spacial score (nSPS) is 11.2. The number of hydrogen-bond acceptors (Lipinski definition) is 5. The summed E-state index contributed by atoms with van der Waals surface area (Å²) in [5.74, 6) is -0.112. The second kappa shape index (κ2) is 9.80. The van der Waals surface area contributed by atoms with Crippen LogP contribution in [0.2, 0.25) is 5.02 Å². The Morgan fingerprint density at radius 1 is 1.15 bits per heavy atom. The van der Waals surface area contributed by atoms with Crippen molar-refractivity contribution in [1.29, 1.82) is 0 Å². The molecule has 170 valence electrons. The van der Waals surface area contributed by atoms with Crippen LogP contribution in [-0.4, -0.2) is 31.0 Å². The molecule has 0 saturated carbocycles. The van der Waals surface area contributed by atoms with Gasteiger partial charge in [0, 0.05) is 17.3 Å². The molecule has 0 saturated heterocycles. The van der Waals surface area contributed by atoms with Gasteiger partial charge < -0.3 is 5.32 Å². The van der Waals surface area contributed by atoms with Crippen molar-refractivity contribution < 1.29 is 4.79 Å². The molecule has 0 atom stereocenters. The third-order valence-corrected chi connectivity index (χ3v) is 6.39. The van der Waals surface area contributed by atoms with Crippen molar-refractivity contribution in [3.05, 3.63) is 80.7 Å². The number of carbonyl (C=O) groups is 1. The van der Waals surface area contributed by atoms with Gasteiger partial charge in [-0.1, -0.05) is 59.3 Å². The first-order valence-electron chi connectivity index (χ1n) is 10.6. The SMILES string of the molecule is CCn1nc(C)c2nc(SCC(=O)Nc3cccc(Cl)c3)n(Cc3ccc(C)cc3)c(=O)c21. The third-order valence-electron chi connectivity index (χ3n) is 5.18. The van der Waals surface area contributed by atoms with Gasteiger partial charge in [0.05, 0.1) is 18.0 Å². The van der Waals surface area contributed by atoms with Crippen molar-refractivity contribution in [1.82, 2.24) is 19.3 Å². The monoisotopic (exact) mass is 481 g/mol. The lowest BCUT2D eigenvalue weighted by Crippen LogP contribution is -2.26. The van der Waals surface area contributed by atoms with Gasteiger partial charge in [-0.05, 0) is 44.5 Å². The molecule has 2 heterocycles. The summed E-state index contributed by atoms with van der Waals surface area (Å²) in [6.45, 7) is 6.73. The number of hydrogen-bond donors (Lipinski definition) is 1. The van der Waals surface area contributed by atoms with Crippen molar-refractivity contribution >= 4 is 46.0 Å². The minimum Gasteiger partial charge on any atom is -0.325 e. The molecule has 0 unspecified atom stereocenters. The second-order valence-electron chi connectivity index (χ2n) is 7.72. The van der Waals surface area contributed by atoms with Crippen molar-refractivity contribution in [3.63, 3.8) is 0 Å². The maximum atomic E-state index is 13.5. The van der Waals surface area contributed by atoms with Crippen LogP contribution >= 0.6 is 23.4 Å². The molecular formula is C24H24ClN5O2S. The van der Waals surface area contributed by atoms with Crippen LogP contribution in [0.1, 0.15) is 23.7 Å². The number of amides is 1. The van der Waals surface area contributed by atoms with Gasteiger partial charge in [-0.25, -0.2) is 4.98 Å². The van der Waals surface area contributed by atoms with E-state index in [1.807, 2.05) is 45.0 Å². The average Bonchev–Trinajstić information content (AvgIpc) is 3.11. The van der Waals surface area contributed by atoms with Crippen LogP contribution in [0.4, 0.5) is 5.69 Å². The highest BCUT2D eigenvalue weighted by Crippen LogP contribution is 2.22. The van der Waals surface area contributed by atoms with E-state index in [9.17, 15) is 9.59 Å². The molecule has 9 heteroatoms. The Balaban J connectivity index is 1.67. The molecule has 0 fully saturated rings. The first kappa shape index (κ1) is 23.1. The predicted octanol–water partition coefficient (Wildman–Crippen LogP) is 4.66. The third kappa shape index (κ3) is 5.12. The highest BCUT2D eigenvalue weighted by atomic mass is 35.5. The molecule has 0 spiro atoms. The van der Waals surface area contributed by atoms with Crippen LogP contribution in [0.3, 0.4) is 0 Å². The molecule has 0 radical (unpaired) electrons. The average molecular weight is 482 g/mol. The standard InChI is InChI=1S/C24H24ClN5O2S/c1-4-30-22-21(16(3)28-30)27-24(29(23(22)32)13-17-10-8-15(2)9-11-17)33-14-20(31)26-19-7-5-6-18(25)12-19/h5-12H,4,13-14H2,1-3H3,(H,26,31). The lowest BCUT2D eigenvalue weighted by atomic mass is 10.1. The molecule has 33 heavy (non-hydrogen) atoms. The van der Waals surface area contributed by atoms with Gasteiger partial charge in [0.25, 0.3) is 5.56 Å². The van der Waals surface area contributed by atoms with E-state index in [4.69, 9.17) is 16.6 Å². The number of fused-ring (bicyclic) bond motifs is 1. The summed E-state index contributed by atoms with van der Waals surface area (Å²) in [6.07, 6.45) is 0. The second-order valence-corrected chi connectivity index (χ2v) is 9.10. The number of nitrogens with one attached hydrogen (secondary N) is 1. The van der Waals surface area contributed by atoms with E-state index in [1.54, 1.807) is 33.5 Å². The Bertz CT molecular complexity index is 1380. The van der Waals surface area contributed by atoms with E-state index in [1.165, 1.54) is 11.8 Å². The largest absolute Gasteiger partial charge is 0.325 e. The van der Waals surface area contributed by atoms with Crippen molar-refractivity contribution in [2.75, 3.05) is 11.1 Å². The molecular weight excluding hydrogens is 458 g/mol. The van der Waals surface area contributed by atoms with Gasteiger partial charge in [0.15, 0.2) is 10.7 Å². The Morgan fingerprint density at radius 2 is 1.91 bits per heavy atom. The molecule has 7 nitrogen and oxygen atoms in total. The predicted molar refractivity (Wildman–Crippen MR) is 133 cm³/mol. The number of thioether (sulfide) groups is 1. The first-order valence-corrected chi connectivity index (χ1v) is 11.9. The van der Waals surface area contributed by atoms with Gasteiger partial charge in [-0.2, -0.15) is 5.10 Å². The minimum atomic E-state index is -0.209. The Kier molecular flexibility index (Phi) is 6.85. The summed E-state index contributed by atoms with van der Waals surface area (Å²) in [6, 6.07) is 15.0. The van der Waals surface area contributed by atoms with Crippen LogP contribution in [0.15, 0.2) is 58.5 Å². The molecule has 4 rings (SSSR count). The Morgan fingerprint density at radius 3 is 2.61 bits per heavy atom. The number of rotatable bonds is 7. The number of anilines is 1. The maximum Gasteiger partial charge on any atom is 0.280 e. The number of carbonyl (C=O) groups excluding carboxylic acids is 1. The van der Waals surface area contributed by atoms with Gasteiger partial charge >= 0.3 is 0 Å². The zero-order valence-corrected chi connectivity index (χ0v) is 20.2. The maximum absolute atomic E-state index is 13.5. The van der Waals surface area contributed by atoms with E-state index in [-0.39, 0.29) is 17.2 Å². The summed E-state index contributed by atoms with van der Waals surface area (Å²) in [7, 11) is 0. The van der Waals surface area contributed by atoms with Crippen LogP contribution in [0.25, 0.3) is 11.0 Å². The lowest BCUT2D eigenvalue weighted by Gasteiger charge is -2.13. The van der Waals surface area contributed by atoms with Crippen LogP contribution in [-0.2, 0) is 17.9 Å². The van der Waals surface area contributed by atoms with Gasteiger partial charge in [-0.15, -0.1) is 0 Å². The zero-order chi connectivity index (χ0) is 23.5. The first-order chi connectivity index (χ1) is 15.9. The van der Waals surface area contributed by atoms with Gasteiger partial charge in [0.2, 0.25) is 5.91 Å². The van der Waals surface area contributed by atoms with Gasteiger partial charge in [-0.3, -0.25) is 18.8 Å². The number of aryl methyl sites for hydroxylation is 3. The zero-order valence-electron chi connectivity index (χ0n) is 18.6. The van der Waals surface area contributed by atoms with E-state index < -0.39 is 0 Å². The van der Waals surface area contributed by atoms with Crippen molar-refractivity contribution in [2.24, 2.45) is 0 Å². The topological polar surface area (TPSA) is 81.8 Å². The van der Waals surface area contributed by atoms with Crippen LogP contribution < -0.4 is 10.9 Å². The van der Waals surface area contributed by atoms with Gasteiger partial charge in [0.1, 0.15) is 5.52 Å².